The summed E-state index contributed by atoms with van der Waals surface area (Å²) in [4.78, 5) is 0. The van der Waals surface area contributed by atoms with Crippen LogP contribution in [0.5, 0.6) is 0 Å². The van der Waals surface area contributed by atoms with E-state index in [1.165, 1.54) is 5.56 Å². The van der Waals surface area contributed by atoms with Crippen LogP contribution >= 0.6 is 15.9 Å². The Labute approximate surface area is 101 Å². The number of benzene rings is 1. The molecule has 1 aromatic carbocycles. The molecule has 0 aliphatic heterocycles. The van der Waals surface area contributed by atoms with Crippen molar-refractivity contribution in [1.29, 1.82) is 0 Å². The van der Waals surface area contributed by atoms with Crippen molar-refractivity contribution in [3.8, 4) is 0 Å². The minimum absolute atomic E-state index is 0.214. The molecule has 0 fully saturated rings. The Morgan fingerprint density at radius 1 is 1.40 bits per heavy atom. The van der Waals surface area contributed by atoms with Crippen molar-refractivity contribution in [3.05, 3.63) is 34.3 Å². The molecule has 0 heterocycles. The van der Waals surface area contributed by atoms with E-state index in [1.54, 1.807) is 0 Å². The van der Waals surface area contributed by atoms with Gasteiger partial charge in [-0.25, -0.2) is 0 Å². The van der Waals surface area contributed by atoms with Gasteiger partial charge >= 0.3 is 0 Å². The highest BCUT2D eigenvalue weighted by molar-refractivity contribution is 9.10. The second-order valence-corrected chi connectivity index (χ2v) is 5.15. The fourth-order valence-corrected chi connectivity index (χ4v) is 2.10. The number of hydrogen-bond acceptors (Lipinski definition) is 1. The highest BCUT2D eigenvalue weighted by Gasteiger charge is 2.09. The van der Waals surface area contributed by atoms with Crippen LogP contribution in [0.1, 0.15) is 32.3 Å². The van der Waals surface area contributed by atoms with Crippen LogP contribution in [0, 0.1) is 5.92 Å². The molecule has 84 valence electrons. The zero-order valence-corrected chi connectivity index (χ0v) is 11.0. The second kappa shape index (κ2) is 6.29. The Bertz CT molecular complexity index is 298. The molecule has 2 unspecified atom stereocenters. The van der Waals surface area contributed by atoms with Crippen LogP contribution in [-0.4, -0.2) is 11.2 Å². The molecule has 0 radical (unpaired) electrons. The lowest BCUT2D eigenvalue weighted by Crippen LogP contribution is -2.14. The molecule has 15 heavy (non-hydrogen) atoms. The van der Waals surface area contributed by atoms with Gasteiger partial charge in [-0.15, -0.1) is 0 Å². The van der Waals surface area contributed by atoms with E-state index in [-0.39, 0.29) is 6.10 Å². The molecule has 0 aliphatic carbocycles. The van der Waals surface area contributed by atoms with Gasteiger partial charge in [-0.2, -0.15) is 0 Å². The molecule has 0 spiro atoms. The van der Waals surface area contributed by atoms with E-state index in [4.69, 9.17) is 0 Å². The summed E-state index contributed by atoms with van der Waals surface area (Å²) in [6, 6.07) is 8.14. The maximum atomic E-state index is 9.88. The monoisotopic (exact) mass is 270 g/mol. The van der Waals surface area contributed by atoms with Gasteiger partial charge in [-0.3, -0.25) is 0 Å². The lowest BCUT2D eigenvalue weighted by Gasteiger charge is -2.14. The topological polar surface area (TPSA) is 20.2 Å². The average Bonchev–Trinajstić information content (AvgIpc) is 2.17. The van der Waals surface area contributed by atoms with Crippen LogP contribution in [-0.2, 0) is 6.42 Å². The van der Waals surface area contributed by atoms with Crippen molar-refractivity contribution in [3.63, 3.8) is 0 Å². The highest BCUT2D eigenvalue weighted by atomic mass is 79.9. The van der Waals surface area contributed by atoms with Gasteiger partial charge in [-0.1, -0.05) is 48.3 Å². The number of halogens is 1. The quantitative estimate of drug-likeness (QED) is 0.863. The zero-order valence-electron chi connectivity index (χ0n) is 9.41. The van der Waals surface area contributed by atoms with Crippen molar-refractivity contribution in [2.24, 2.45) is 5.92 Å². The van der Waals surface area contributed by atoms with Crippen LogP contribution in [0.3, 0.4) is 0 Å². The van der Waals surface area contributed by atoms with Crippen LogP contribution < -0.4 is 0 Å². The molecule has 1 N–H and O–H groups in total. The first kappa shape index (κ1) is 12.7. The molecule has 0 saturated carbocycles. The molecule has 1 rings (SSSR count). The van der Waals surface area contributed by atoms with E-state index in [1.807, 2.05) is 12.1 Å². The molecule has 0 bridgehead atoms. The van der Waals surface area contributed by atoms with Crippen LogP contribution in [0.15, 0.2) is 28.7 Å². The summed E-state index contributed by atoms with van der Waals surface area (Å²) in [5, 5.41) is 9.88. The Kier molecular flexibility index (Phi) is 5.34. The van der Waals surface area contributed by atoms with Crippen molar-refractivity contribution >= 4 is 15.9 Å². The van der Waals surface area contributed by atoms with E-state index in [0.717, 1.165) is 23.7 Å². The minimum atomic E-state index is -0.214. The third kappa shape index (κ3) is 4.80. The zero-order chi connectivity index (χ0) is 11.3. The van der Waals surface area contributed by atoms with Crippen LogP contribution in [0.2, 0.25) is 0 Å². The summed E-state index contributed by atoms with van der Waals surface area (Å²) < 4.78 is 1.08. The third-order valence-electron chi connectivity index (χ3n) is 2.73. The average molecular weight is 271 g/mol. The number of hydrogen-bond donors (Lipinski definition) is 1. The van der Waals surface area contributed by atoms with Crippen LogP contribution in [0.25, 0.3) is 0 Å². The maximum Gasteiger partial charge on any atom is 0.0583 e. The molecule has 2 heteroatoms. The standard InChI is InChI=1S/C13H19BrO/c1-3-10(2)7-13(15)9-11-5-4-6-12(14)8-11/h4-6,8,10,13,15H,3,7,9H2,1-2H3. The molecule has 1 nitrogen and oxygen atoms in total. The van der Waals surface area contributed by atoms with E-state index >= 15 is 0 Å². The molecular formula is C13H19BrO. The first-order valence-electron chi connectivity index (χ1n) is 5.54. The summed E-state index contributed by atoms with van der Waals surface area (Å²) >= 11 is 3.43. The molecule has 0 aromatic heterocycles. The molecule has 0 aliphatic rings. The first-order chi connectivity index (χ1) is 7.11. The fraction of sp³-hybridized carbons (Fsp3) is 0.538. The summed E-state index contributed by atoms with van der Waals surface area (Å²) in [6.07, 6.45) is 2.57. The predicted octanol–water partition coefficient (Wildman–Crippen LogP) is 3.79. The lowest BCUT2D eigenvalue weighted by molar-refractivity contribution is 0.144. The van der Waals surface area contributed by atoms with E-state index in [2.05, 4.69) is 41.9 Å². The smallest absolute Gasteiger partial charge is 0.0583 e. The van der Waals surface area contributed by atoms with E-state index in [0.29, 0.717) is 5.92 Å². The van der Waals surface area contributed by atoms with Crippen molar-refractivity contribution in [2.45, 2.75) is 39.2 Å². The molecule has 2 atom stereocenters. The maximum absolute atomic E-state index is 9.88. The Morgan fingerprint density at radius 2 is 2.13 bits per heavy atom. The first-order valence-corrected chi connectivity index (χ1v) is 6.33. The number of rotatable bonds is 5. The summed E-state index contributed by atoms with van der Waals surface area (Å²) in [7, 11) is 0. The minimum Gasteiger partial charge on any atom is -0.393 e. The summed E-state index contributed by atoms with van der Waals surface area (Å²) in [5.74, 6) is 0.604. The Hall–Kier alpha value is -0.340. The largest absolute Gasteiger partial charge is 0.393 e. The number of aliphatic hydroxyl groups excluding tert-OH is 1. The van der Waals surface area contributed by atoms with Gasteiger partial charge < -0.3 is 5.11 Å². The van der Waals surface area contributed by atoms with Gasteiger partial charge in [0.1, 0.15) is 0 Å². The number of aliphatic hydroxyl groups is 1. The van der Waals surface area contributed by atoms with Gasteiger partial charge in [0.05, 0.1) is 6.10 Å². The van der Waals surface area contributed by atoms with Gasteiger partial charge in [0.25, 0.3) is 0 Å². The van der Waals surface area contributed by atoms with Gasteiger partial charge in [0.15, 0.2) is 0 Å². The molecule has 0 amide bonds. The Morgan fingerprint density at radius 3 is 2.73 bits per heavy atom. The van der Waals surface area contributed by atoms with Gasteiger partial charge in [0.2, 0.25) is 0 Å². The van der Waals surface area contributed by atoms with Crippen molar-refractivity contribution < 1.29 is 5.11 Å². The molecule has 1 aromatic rings. The summed E-state index contributed by atoms with van der Waals surface area (Å²) in [5.41, 5.74) is 1.19. The van der Waals surface area contributed by atoms with Gasteiger partial charge in [-0.05, 0) is 36.5 Å². The normalized spacial score (nSPS) is 14.9. The van der Waals surface area contributed by atoms with E-state index < -0.39 is 0 Å². The third-order valence-corrected chi connectivity index (χ3v) is 3.22. The lowest BCUT2D eigenvalue weighted by atomic mass is 9.97. The van der Waals surface area contributed by atoms with Crippen molar-refractivity contribution in [2.75, 3.05) is 0 Å². The Balaban J connectivity index is 2.47. The molecule has 0 saturated heterocycles. The molecular weight excluding hydrogens is 252 g/mol. The highest BCUT2D eigenvalue weighted by Crippen LogP contribution is 2.16. The van der Waals surface area contributed by atoms with Crippen LogP contribution in [0.4, 0.5) is 0 Å². The predicted molar refractivity (Wildman–Crippen MR) is 67.9 cm³/mol. The summed E-state index contributed by atoms with van der Waals surface area (Å²) in [6.45, 7) is 4.35. The SMILES string of the molecule is CCC(C)CC(O)Cc1cccc(Br)c1. The van der Waals surface area contributed by atoms with Crippen molar-refractivity contribution in [1.82, 2.24) is 0 Å². The second-order valence-electron chi connectivity index (χ2n) is 4.24. The van der Waals surface area contributed by atoms with Gasteiger partial charge in [0, 0.05) is 4.47 Å². The fourth-order valence-electron chi connectivity index (χ4n) is 1.65. The van der Waals surface area contributed by atoms with E-state index in [9.17, 15) is 5.11 Å².